The van der Waals surface area contributed by atoms with Gasteiger partial charge in [0.15, 0.2) is 0 Å². The van der Waals surface area contributed by atoms with E-state index in [1.165, 1.54) is 16.3 Å². The average Bonchev–Trinajstić information content (AvgIpc) is 1.96. The fraction of sp³-hybridized carbons (Fsp3) is 0. The molecule has 0 unspecified atom stereocenters. The monoisotopic (exact) mass is 221 g/mol. The van der Waals surface area contributed by atoms with Crippen molar-refractivity contribution < 1.29 is 16.3 Å². The van der Waals surface area contributed by atoms with Gasteiger partial charge in [-0.05, 0) is 0 Å². The molecule has 0 radical (unpaired) electrons. The summed E-state index contributed by atoms with van der Waals surface area (Å²) >= 11 is 4.25. The van der Waals surface area contributed by atoms with Crippen molar-refractivity contribution in [2.75, 3.05) is 0 Å². The minimum Gasteiger partial charge on any atom is -0.0623 e. The molecule has 0 aromatic heterocycles. The van der Waals surface area contributed by atoms with Crippen LogP contribution < -0.4 is 0 Å². The Bertz CT molecular complexity index is 80.5. The molecule has 0 spiro atoms. The number of hydrogen-bond donors (Lipinski definition) is 0. The van der Waals surface area contributed by atoms with Crippen molar-refractivity contribution in [1.82, 2.24) is 0 Å². The third-order valence-electron chi connectivity index (χ3n) is 0.667. The van der Waals surface area contributed by atoms with Gasteiger partial charge < -0.3 is 0 Å². The largest absolute Gasteiger partial charge is 0.0623 e. The van der Waals surface area contributed by atoms with Crippen LogP contribution in [0.25, 0.3) is 0 Å². The molecule has 0 heterocycles. The molecule has 0 aliphatic heterocycles. The summed E-state index contributed by atoms with van der Waals surface area (Å²) in [6.45, 7) is 0. The van der Waals surface area contributed by atoms with Gasteiger partial charge >= 0.3 is 30.0 Å². The Hall–Kier alpha value is 0.323. The fourth-order valence-electron chi connectivity index (χ4n) is 0.385. The maximum absolute atomic E-state index is 3.06. The summed E-state index contributed by atoms with van der Waals surface area (Å²) < 4.78 is 0. The molecule has 1 aromatic carbocycles. The van der Waals surface area contributed by atoms with E-state index in [1.807, 2.05) is 36.4 Å². The second-order valence-corrected chi connectivity index (χ2v) is 1.15. The molecular weight excluding hydrogens is 217 g/mol. The molecule has 0 nitrogen and oxygen atoms in total. The summed E-state index contributed by atoms with van der Waals surface area (Å²) in [5.74, 6) is 0. The molecule has 0 aliphatic carbocycles. The molecule has 0 fully saturated rings. The Balaban J connectivity index is 0.000000222. The van der Waals surface area contributed by atoms with Crippen LogP contribution in [0.2, 0.25) is 0 Å². The number of halogens is 1. The van der Waals surface area contributed by atoms with Crippen LogP contribution in [0.5, 0.6) is 0 Å². The zero-order chi connectivity index (χ0) is 6.24. The number of benzene rings is 1. The first kappa shape index (κ1) is 8.32. The predicted molar refractivity (Wildman–Crippen MR) is 35.4 cm³/mol. The van der Waals surface area contributed by atoms with Gasteiger partial charge in [0.05, 0.1) is 0 Å². The number of rotatable bonds is 0. The Morgan fingerprint density at radius 2 is 0.750 bits per heavy atom. The Morgan fingerprint density at radius 1 is 0.625 bits per heavy atom. The zero-order valence-corrected chi connectivity index (χ0v) is 9.10. The van der Waals surface area contributed by atoms with Crippen molar-refractivity contribution in [3.05, 3.63) is 36.4 Å². The molecule has 1 rings (SSSR count). The summed E-state index contributed by atoms with van der Waals surface area (Å²) in [5, 5.41) is 0. The van der Waals surface area contributed by atoms with Crippen LogP contribution in [-0.4, -0.2) is 0 Å². The molecule has 0 saturated carbocycles. The molecule has 0 amide bonds. The van der Waals surface area contributed by atoms with E-state index >= 15 is 0 Å². The third kappa shape index (κ3) is 4.48. The SMILES string of the molecule is [Zn][Br].c1ccccc1. The van der Waals surface area contributed by atoms with Crippen LogP contribution in [-0.2, 0) is 16.3 Å². The topological polar surface area (TPSA) is 0 Å². The van der Waals surface area contributed by atoms with E-state index in [4.69, 9.17) is 0 Å². The van der Waals surface area contributed by atoms with Gasteiger partial charge in [-0.15, -0.1) is 0 Å². The minimum atomic E-state index is 1.19. The van der Waals surface area contributed by atoms with E-state index in [0.29, 0.717) is 0 Å². The van der Waals surface area contributed by atoms with E-state index < -0.39 is 0 Å². The molecule has 8 heavy (non-hydrogen) atoms. The third-order valence-corrected chi connectivity index (χ3v) is 0.667. The van der Waals surface area contributed by atoms with Crippen LogP contribution >= 0.6 is 13.6 Å². The van der Waals surface area contributed by atoms with Gasteiger partial charge in [0, 0.05) is 0 Å². The van der Waals surface area contributed by atoms with Gasteiger partial charge in [0.1, 0.15) is 0 Å². The van der Waals surface area contributed by atoms with Gasteiger partial charge in [-0.3, -0.25) is 0 Å². The van der Waals surface area contributed by atoms with Crippen molar-refractivity contribution >= 4 is 13.6 Å². The number of hydrogen-bond acceptors (Lipinski definition) is 0. The van der Waals surface area contributed by atoms with Crippen molar-refractivity contribution in [1.29, 1.82) is 0 Å². The van der Waals surface area contributed by atoms with Gasteiger partial charge in [-0.2, -0.15) is 0 Å². The average molecular weight is 223 g/mol. The smallest absolute Gasteiger partial charge is 0.0623 e. The maximum Gasteiger partial charge on any atom is -0.0623 e. The first-order valence-electron chi connectivity index (χ1n) is 2.27. The molecular formula is C6H6BrZn. The van der Waals surface area contributed by atoms with Gasteiger partial charge in [-0.1, -0.05) is 36.4 Å². The Labute approximate surface area is 66.3 Å². The van der Waals surface area contributed by atoms with Crippen LogP contribution in [0.1, 0.15) is 0 Å². The van der Waals surface area contributed by atoms with E-state index in [9.17, 15) is 0 Å². The van der Waals surface area contributed by atoms with Gasteiger partial charge in [0.25, 0.3) is 0 Å². The molecule has 2 heteroatoms. The Morgan fingerprint density at radius 3 is 0.875 bits per heavy atom. The molecule has 0 saturated heterocycles. The summed E-state index contributed by atoms with van der Waals surface area (Å²) in [6, 6.07) is 12.0. The standard InChI is InChI=1S/C6H6.BrH.Zn/c1-2-4-6-5-3-1;;/h1-6H;1H;/q;;+1/p-1. The Kier molecular flexibility index (Phi) is 7.62. The molecule has 0 bridgehead atoms. The van der Waals surface area contributed by atoms with E-state index in [0.717, 1.165) is 0 Å². The second kappa shape index (κ2) is 7.32. The first-order valence-corrected chi connectivity index (χ1v) is 9.22. The molecule has 0 N–H and O–H groups in total. The van der Waals surface area contributed by atoms with Crippen molar-refractivity contribution in [3.8, 4) is 0 Å². The minimum absolute atomic E-state index is 1.19. The summed E-state index contributed by atoms with van der Waals surface area (Å²) in [5.41, 5.74) is 0. The summed E-state index contributed by atoms with van der Waals surface area (Å²) in [4.78, 5) is 0. The normalized spacial score (nSPS) is 6.88. The van der Waals surface area contributed by atoms with Crippen molar-refractivity contribution in [3.63, 3.8) is 0 Å². The second-order valence-electron chi connectivity index (χ2n) is 1.15. The predicted octanol–water partition coefficient (Wildman–Crippen LogP) is 2.53. The van der Waals surface area contributed by atoms with Crippen LogP contribution in [0, 0.1) is 0 Å². The van der Waals surface area contributed by atoms with Crippen molar-refractivity contribution in [2.45, 2.75) is 0 Å². The maximum atomic E-state index is 3.06. The first-order chi connectivity index (χ1) is 4.00. The molecule has 39 valence electrons. The fourth-order valence-corrected chi connectivity index (χ4v) is 0.385. The molecule has 0 atom stereocenters. The van der Waals surface area contributed by atoms with Gasteiger partial charge in [-0.25, -0.2) is 0 Å². The zero-order valence-electron chi connectivity index (χ0n) is 4.55. The van der Waals surface area contributed by atoms with Gasteiger partial charge in [0.2, 0.25) is 0 Å². The van der Waals surface area contributed by atoms with Crippen molar-refractivity contribution in [2.24, 2.45) is 0 Å². The van der Waals surface area contributed by atoms with E-state index in [-0.39, 0.29) is 0 Å². The van der Waals surface area contributed by atoms with Crippen LogP contribution in [0.3, 0.4) is 0 Å². The van der Waals surface area contributed by atoms with E-state index in [1.54, 1.807) is 0 Å². The summed E-state index contributed by atoms with van der Waals surface area (Å²) in [7, 11) is 0. The van der Waals surface area contributed by atoms with E-state index in [2.05, 4.69) is 13.6 Å². The molecule has 1 aromatic rings. The molecule has 0 aliphatic rings. The van der Waals surface area contributed by atoms with Crippen LogP contribution in [0.15, 0.2) is 36.4 Å². The summed E-state index contributed by atoms with van der Waals surface area (Å²) in [6.07, 6.45) is 0. The quantitative estimate of drug-likeness (QED) is 0.593. The van der Waals surface area contributed by atoms with Crippen LogP contribution in [0.4, 0.5) is 0 Å².